The van der Waals surface area contributed by atoms with E-state index in [4.69, 9.17) is 10.5 Å². The predicted molar refractivity (Wildman–Crippen MR) is 80.5 cm³/mol. The number of halogens is 1. The number of carbonyl (C=O) groups is 1. The molecular weight excluding hydrogens is 322 g/mol. The molecule has 0 saturated carbocycles. The first-order valence-corrected chi connectivity index (χ1v) is 6.71. The van der Waals surface area contributed by atoms with Gasteiger partial charge in [0.25, 0.3) is 5.91 Å². The van der Waals surface area contributed by atoms with Gasteiger partial charge in [0.15, 0.2) is 0 Å². The first kappa shape index (κ1) is 14.3. The number of nitrogens with zero attached hydrogens (tertiary/aromatic N) is 1. The molecule has 0 radical (unpaired) electrons. The molecule has 1 aromatic heterocycles. The van der Waals surface area contributed by atoms with Gasteiger partial charge < -0.3 is 15.8 Å². The third-order valence-electron chi connectivity index (χ3n) is 2.72. The van der Waals surface area contributed by atoms with E-state index in [2.05, 4.69) is 26.2 Å². The van der Waals surface area contributed by atoms with Crippen LogP contribution in [0.2, 0.25) is 0 Å². The Morgan fingerprint density at radius 1 is 1.40 bits per heavy atom. The number of rotatable bonds is 4. The van der Waals surface area contributed by atoms with Gasteiger partial charge in [0.05, 0.1) is 7.11 Å². The van der Waals surface area contributed by atoms with Gasteiger partial charge in [-0.3, -0.25) is 4.79 Å². The van der Waals surface area contributed by atoms with Crippen LogP contribution < -0.4 is 15.8 Å². The molecule has 0 atom stereocenters. The highest BCUT2D eigenvalue weighted by atomic mass is 79.9. The number of pyridine rings is 1. The largest absolute Gasteiger partial charge is 0.481 e. The number of anilines is 1. The molecule has 0 aliphatic carbocycles. The number of hydrogen-bond donors (Lipinski definition) is 2. The minimum Gasteiger partial charge on any atom is -0.481 e. The van der Waals surface area contributed by atoms with Crippen molar-refractivity contribution in [3.05, 3.63) is 52.1 Å². The zero-order valence-corrected chi connectivity index (χ0v) is 12.5. The number of hydrogen-bond acceptors (Lipinski definition) is 4. The fourth-order valence-corrected chi connectivity index (χ4v) is 1.97. The standard InChI is InChI=1S/C14H14BrN3O2/c1-20-13-5-2-9(7-17-13)8-18-14(19)10-3-4-12(16)11(15)6-10/h2-7H,8,16H2,1H3,(H,18,19). The van der Waals surface area contributed by atoms with Crippen LogP contribution in [0.25, 0.3) is 0 Å². The highest BCUT2D eigenvalue weighted by Gasteiger charge is 2.07. The SMILES string of the molecule is COc1ccc(CNC(=O)c2ccc(N)c(Br)c2)cn1. The summed E-state index contributed by atoms with van der Waals surface area (Å²) in [6.07, 6.45) is 1.66. The Morgan fingerprint density at radius 2 is 2.20 bits per heavy atom. The molecule has 6 heteroatoms. The molecule has 0 aliphatic rings. The van der Waals surface area contributed by atoms with Gasteiger partial charge in [0.1, 0.15) is 0 Å². The maximum absolute atomic E-state index is 12.0. The lowest BCUT2D eigenvalue weighted by Crippen LogP contribution is -2.22. The number of amides is 1. The molecule has 1 aromatic carbocycles. The van der Waals surface area contributed by atoms with Crippen LogP contribution in [0, 0.1) is 0 Å². The van der Waals surface area contributed by atoms with E-state index >= 15 is 0 Å². The second-order valence-corrected chi connectivity index (χ2v) is 4.98. The lowest BCUT2D eigenvalue weighted by molar-refractivity contribution is 0.0951. The second kappa shape index (κ2) is 6.38. The minimum atomic E-state index is -0.165. The molecule has 5 nitrogen and oxygen atoms in total. The monoisotopic (exact) mass is 335 g/mol. The Bertz CT molecular complexity index is 614. The summed E-state index contributed by atoms with van der Waals surface area (Å²) in [4.78, 5) is 16.1. The van der Waals surface area contributed by atoms with E-state index in [1.54, 1.807) is 37.6 Å². The summed E-state index contributed by atoms with van der Waals surface area (Å²) < 4.78 is 5.68. The van der Waals surface area contributed by atoms with Crippen molar-refractivity contribution in [2.75, 3.05) is 12.8 Å². The number of carbonyl (C=O) groups excluding carboxylic acids is 1. The topological polar surface area (TPSA) is 77.2 Å². The third-order valence-corrected chi connectivity index (χ3v) is 3.41. The van der Waals surface area contributed by atoms with E-state index in [1.807, 2.05) is 6.07 Å². The van der Waals surface area contributed by atoms with E-state index in [-0.39, 0.29) is 5.91 Å². The first-order valence-electron chi connectivity index (χ1n) is 5.92. The van der Waals surface area contributed by atoms with Gasteiger partial charge in [-0.05, 0) is 39.7 Å². The molecule has 3 N–H and O–H groups in total. The van der Waals surface area contributed by atoms with Gasteiger partial charge in [-0.1, -0.05) is 6.07 Å². The average molecular weight is 336 g/mol. The lowest BCUT2D eigenvalue weighted by Gasteiger charge is -2.07. The summed E-state index contributed by atoms with van der Waals surface area (Å²) in [5.41, 5.74) is 7.73. The first-order chi connectivity index (χ1) is 9.60. The molecule has 2 aromatic rings. The quantitative estimate of drug-likeness (QED) is 0.841. The lowest BCUT2D eigenvalue weighted by atomic mass is 10.2. The smallest absolute Gasteiger partial charge is 0.251 e. The summed E-state index contributed by atoms with van der Waals surface area (Å²) in [6.45, 7) is 0.401. The number of nitrogens with two attached hydrogens (primary N) is 1. The molecule has 0 bridgehead atoms. The van der Waals surface area contributed by atoms with E-state index in [0.717, 1.165) is 5.56 Å². The highest BCUT2D eigenvalue weighted by Crippen LogP contribution is 2.20. The maximum Gasteiger partial charge on any atom is 0.251 e. The Hall–Kier alpha value is -2.08. The number of methoxy groups -OCH3 is 1. The maximum atomic E-state index is 12.0. The van der Waals surface area contributed by atoms with Crippen LogP contribution in [0.1, 0.15) is 15.9 Å². The second-order valence-electron chi connectivity index (χ2n) is 4.13. The fraction of sp³-hybridized carbons (Fsp3) is 0.143. The Kier molecular flexibility index (Phi) is 4.57. The van der Waals surface area contributed by atoms with Crippen molar-refractivity contribution in [1.82, 2.24) is 10.3 Å². The fourth-order valence-electron chi connectivity index (χ4n) is 1.59. The van der Waals surface area contributed by atoms with Crippen molar-refractivity contribution in [3.8, 4) is 5.88 Å². The van der Waals surface area contributed by atoms with Gasteiger partial charge in [0, 0.05) is 34.5 Å². The molecule has 0 aliphatic heterocycles. The van der Waals surface area contributed by atoms with Crippen molar-refractivity contribution in [2.45, 2.75) is 6.54 Å². The summed E-state index contributed by atoms with van der Waals surface area (Å²) >= 11 is 3.30. The van der Waals surface area contributed by atoms with Crippen molar-refractivity contribution in [2.24, 2.45) is 0 Å². The molecule has 0 saturated heterocycles. The summed E-state index contributed by atoms with van der Waals surface area (Å²) in [7, 11) is 1.56. The zero-order chi connectivity index (χ0) is 14.5. The predicted octanol–water partition coefficient (Wildman–Crippen LogP) is 2.36. The third kappa shape index (κ3) is 3.48. The van der Waals surface area contributed by atoms with Crippen LogP contribution in [0.15, 0.2) is 41.0 Å². The van der Waals surface area contributed by atoms with Crippen LogP contribution in [0.5, 0.6) is 5.88 Å². The molecule has 0 fully saturated rings. The Balaban J connectivity index is 1.98. The van der Waals surface area contributed by atoms with E-state index in [1.165, 1.54) is 0 Å². The van der Waals surface area contributed by atoms with Crippen LogP contribution in [0.4, 0.5) is 5.69 Å². The van der Waals surface area contributed by atoms with Gasteiger partial charge in [-0.2, -0.15) is 0 Å². The van der Waals surface area contributed by atoms with Crippen molar-refractivity contribution in [3.63, 3.8) is 0 Å². The van der Waals surface area contributed by atoms with Crippen molar-refractivity contribution in [1.29, 1.82) is 0 Å². The van der Waals surface area contributed by atoms with Gasteiger partial charge >= 0.3 is 0 Å². The molecule has 0 spiro atoms. The average Bonchev–Trinajstić information content (AvgIpc) is 2.48. The van der Waals surface area contributed by atoms with Crippen LogP contribution in [-0.2, 0) is 6.54 Å². The number of nitrogens with one attached hydrogen (secondary N) is 1. The van der Waals surface area contributed by atoms with Gasteiger partial charge in [-0.25, -0.2) is 4.98 Å². The number of nitrogen functional groups attached to an aromatic ring is 1. The van der Waals surface area contributed by atoms with E-state index in [0.29, 0.717) is 28.1 Å². The summed E-state index contributed by atoms with van der Waals surface area (Å²) in [5, 5.41) is 2.82. The summed E-state index contributed by atoms with van der Waals surface area (Å²) in [5.74, 6) is 0.379. The Morgan fingerprint density at radius 3 is 2.80 bits per heavy atom. The molecular formula is C14H14BrN3O2. The molecule has 0 unspecified atom stereocenters. The van der Waals surface area contributed by atoms with E-state index < -0.39 is 0 Å². The molecule has 20 heavy (non-hydrogen) atoms. The van der Waals surface area contributed by atoms with E-state index in [9.17, 15) is 4.79 Å². The zero-order valence-electron chi connectivity index (χ0n) is 10.9. The molecule has 1 heterocycles. The number of benzene rings is 1. The highest BCUT2D eigenvalue weighted by molar-refractivity contribution is 9.10. The van der Waals surface area contributed by atoms with Crippen molar-refractivity contribution >= 4 is 27.5 Å². The van der Waals surface area contributed by atoms with Gasteiger partial charge in [0.2, 0.25) is 5.88 Å². The van der Waals surface area contributed by atoms with Crippen molar-refractivity contribution < 1.29 is 9.53 Å². The molecule has 104 valence electrons. The van der Waals surface area contributed by atoms with Gasteiger partial charge in [-0.15, -0.1) is 0 Å². The molecule has 1 amide bonds. The molecule has 2 rings (SSSR count). The Labute approximate surface area is 125 Å². The van der Waals surface area contributed by atoms with Crippen LogP contribution >= 0.6 is 15.9 Å². The van der Waals surface area contributed by atoms with Crippen LogP contribution in [-0.4, -0.2) is 18.0 Å². The number of ether oxygens (including phenoxy) is 1. The summed E-state index contributed by atoms with van der Waals surface area (Å²) in [6, 6.07) is 8.67. The number of aromatic nitrogens is 1. The normalized spacial score (nSPS) is 10.1. The van der Waals surface area contributed by atoms with Crippen LogP contribution in [0.3, 0.4) is 0 Å². The minimum absolute atomic E-state index is 0.165.